The molecule has 6 rings (SSSR count). The van der Waals surface area contributed by atoms with Gasteiger partial charge in [0.25, 0.3) is 0 Å². The Bertz CT molecular complexity index is 2210. The van der Waals surface area contributed by atoms with E-state index in [9.17, 15) is 24.0 Å². The minimum atomic E-state index is -1.19. The third kappa shape index (κ3) is 6.76. The molecule has 5 aromatic carbocycles. The van der Waals surface area contributed by atoms with E-state index in [1.165, 1.54) is 27.7 Å². The molecule has 0 aliphatic heterocycles. The first-order valence-corrected chi connectivity index (χ1v) is 15.8. The lowest BCUT2D eigenvalue weighted by Gasteiger charge is -2.35. The second-order valence-corrected chi connectivity index (χ2v) is 11.7. The Kier molecular flexibility index (Phi) is 9.34. The minimum absolute atomic E-state index is 0.308. The first-order chi connectivity index (χ1) is 24.5. The Balaban J connectivity index is 1.69. The fraction of sp³-hybridized carbons (Fsp3) is 0.119. The summed E-state index contributed by atoms with van der Waals surface area (Å²) in [6.45, 7) is 5.27. The Labute approximate surface area is 293 Å². The number of hydrogen-bond donors (Lipinski definition) is 0. The van der Waals surface area contributed by atoms with E-state index in [0.29, 0.717) is 45.3 Å². The summed E-state index contributed by atoms with van der Waals surface area (Å²) in [5.74, 6) is 5.90. The van der Waals surface area contributed by atoms with Crippen molar-refractivity contribution in [2.24, 2.45) is 0 Å². The highest BCUT2D eigenvalue weighted by Gasteiger charge is 2.48. The molecule has 9 nitrogen and oxygen atoms in total. The van der Waals surface area contributed by atoms with Crippen molar-refractivity contribution in [2.75, 3.05) is 0 Å². The molecule has 0 spiro atoms. The molecule has 1 aliphatic carbocycles. The molecular formula is C42H30O9. The van der Waals surface area contributed by atoms with E-state index in [0.717, 1.165) is 34.1 Å². The average Bonchev–Trinajstić information content (AvgIpc) is 3.38. The second kappa shape index (κ2) is 14.0. The molecule has 0 N–H and O–H groups in total. The lowest BCUT2D eigenvalue weighted by atomic mass is 9.66. The predicted molar refractivity (Wildman–Crippen MR) is 187 cm³/mol. The smallest absolute Gasteiger partial charge is 0.308 e. The molecule has 0 heterocycles. The zero-order chi connectivity index (χ0) is 36.3. The van der Waals surface area contributed by atoms with Crippen LogP contribution in [0.25, 0.3) is 11.1 Å². The summed E-state index contributed by atoms with van der Waals surface area (Å²) < 4.78 is 21.5. The number of ether oxygens (including phenoxy) is 4. The summed E-state index contributed by atoms with van der Waals surface area (Å²) in [5, 5.41) is 0. The summed E-state index contributed by atoms with van der Waals surface area (Å²) in [7, 11) is 0. The van der Waals surface area contributed by atoms with E-state index in [4.69, 9.17) is 18.9 Å². The molecule has 0 radical (unpaired) electrons. The normalized spacial score (nSPS) is 11.9. The van der Waals surface area contributed by atoms with Crippen molar-refractivity contribution < 1.29 is 42.9 Å². The Morgan fingerprint density at radius 3 is 1.43 bits per heavy atom. The van der Waals surface area contributed by atoms with Gasteiger partial charge in [0.1, 0.15) is 23.0 Å². The lowest BCUT2D eigenvalue weighted by Crippen LogP contribution is -2.30. The van der Waals surface area contributed by atoms with Crippen molar-refractivity contribution in [3.8, 4) is 46.0 Å². The maximum absolute atomic E-state index is 12.7. The first kappa shape index (κ1) is 34.1. The largest absolute Gasteiger partial charge is 0.427 e. The standard InChI is InChI=1S/C42H30O9/c1-25(44)48-33-13-5-29(6-14-33)7-20-37-30(24-43)8-21-39-38-22-19-36(51-28(4)47)23-40(38)42(41(37)39,31-9-15-34(16-10-31)49-26(2)45)32-11-17-35(18-12-32)50-27(3)46/h5-6,8-19,21-24H,1-4H3. The molecule has 0 unspecified atom stereocenters. The zero-order valence-electron chi connectivity index (χ0n) is 28.1. The van der Waals surface area contributed by atoms with E-state index >= 15 is 0 Å². The van der Waals surface area contributed by atoms with Crippen LogP contribution in [0.2, 0.25) is 0 Å². The summed E-state index contributed by atoms with van der Waals surface area (Å²) in [5.41, 5.74) is 4.65. The van der Waals surface area contributed by atoms with Gasteiger partial charge in [0.15, 0.2) is 6.29 Å². The summed E-state index contributed by atoms with van der Waals surface area (Å²) in [6.07, 6.45) is 0.750. The van der Waals surface area contributed by atoms with Gasteiger partial charge in [0.05, 0.1) is 5.41 Å². The van der Waals surface area contributed by atoms with Crippen LogP contribution in [0, 0.1) is 11.8 Å². The molecule has 9 heteroatoms. The summed E-state index contributed by atoms with van der Waals surface area (Å²) in [4.78, 5) is 59.9. The molecule has 252 valence electrons. The van der Waals surface area contributed by atoms with Crippen LogP contribution in [0.15, 0.2) is 103 Å². The van der Waals surface area contributed by atoms with E-state index in [2.05, 4.69) is 11.8 Å². The van der Waals surface area contributed by atoms with Gasteiger partial charge in [-0.15, -0.1) is 0 Å². The minimum Gasteiger partial charge on any atom is -0.427 e. The van der Waals surface area contributed by atoms with E-state index in [-0.39, 0.29) is 0 Å². The molecule has 5 aromatic rings. The van der Waals surface area contributed by atoms with Crippen molar-refractivity contribution in [2.45, 2.75) is 33.1 Å². The summed E-state index contributed by atoms with van der Waals surface area (Å²) in [6, 6.07) is 29.7. The van der Waals surface area contributed by atoms with E-state index in [1.807, 2.05) is 36.4 Å². The Morgan fingerprint density at radius 1 is 0.529 bits per heavy atom. The number of benzene rings is 5. The van der Waals surface area contributed by atoms with Gasteiger partial charge in [0, 0.05) is 44.4 Å². The average molecular weight is 679 g/mol. The first-order valence-electron chi connectivity index (χ1n) is 15.8. The van der Waals surface area contributed by atoms with Gasteiger partial charge in [-0.25, -0.2) is 0 Å². The number of carbonyl (C=O) groups excluding carboxylic acids is 5. The molecule has 0 bridgehead atoms. The van der Waals surface area contributed by atoms with Crippen molar-refractivity contribution in [3.05, 3.63) is 142 Å². The number of esters is 4. The van der Waals surface area contributed by atoms with Crippen LogP contribution in [0.4, 0.5) is 0 Å². The molecule has 0 fully saturated rings. The highest BCUT2D eigenvalue weighted by Crippen LogP contribution is 2.58. The van der Waals surface area contributed by atoms with E-state index in [1.54, 1.807) is 66.7 Å². The van der Waals surface area contributed by atoms with Crippen LogP contribution >= 0.6 is 0 Å². The van der Waals surface area contributed by atoms with E-state index < -0.39 is 29.3 Å². The molecule has 51 heavy (non-hydrogen) atoms. The maximum atomic E-state index is 12.7. The van der Waals surface area contributed by atoms with Gasteiger partial charge < -0.3 is 18.9 Å². The SMILES string of the molecule is CC(=O)Oc1ccc(C#Cc2c(C=O)ccc3c2C(c2ccc(OC(C)=O)cc2)(c2ccc(OC(C)=O)cc2)c2cc(OC(C)=O)ccc2-3)cc1. The van der Waals surface area contributed by atoms with Crippen molar-refractivity contribution >= 4 is 30.2 Å². The van der Waals surface area contributed by atoms with Crippen LogP contribution in [0.5, 0.6) is 23.0 Å². The van der Waals surface area contributed by atoms with Crippen molar-refractivity contribution in [1.82, 2.24) is 0 Å². The molecule has 0 atom stereocenters. The van der Waals surface area contributed by atoms with Crippen LogP contribution in [-0.4, -0.2) is 30.2 Å². The Hall–Kier alpha value is -6.79. The molecule has 1 aliphatic rings. The quantitative estimate of drug-likeness (QED) is 0.0763. The van der Waals surface area contributed by atoms with Crippen molar-refractivity contribution in [1.29, 1.82) is 0 Å². The number of carbonyl (C=O) groups is 5. The molecule has 0 saturated carbocycles. The van der Waals surface area contributed by atoms with Gasteiger partial charge in [-0.05, 0) is 100 Å². The van der Waals surface area contributed by atoms with Gasteiger partial charge >= 0.3 is 23.9 Å². The van der Waals surface area contributed by atoms with Crippen LogP contribution in [-0.2, 0) is 24.6 Å². The number of hydrogen-bond acceptors (Lipinski definition) is 9. The second-order valence-electron chi connectivity index (χ2n) is 11.7. The number of aldehydes is 1. The monoisotopic (exact) mass is 678 g/mol. The maximum Gasteiger partial charge on any atom is 0.308 e. The number of fused-ring (bicyclic) bond motifs is 3. The third-order valence-electron chi connectivity index (χ3n) is 8.23. The van der Waals surface area contributed by atoms with Crippen LogP contribution in [0.3, 0.4) is 0 Å². The van der Waals surface area contributed by atoms with Gasteiger partial charge in [0.2, 0.25) is 0 Å². The topological polar surface area (TPSA) is 122 Å². The van der Waals surface area contributed by atoms with Gasteiger partial charge in [-0.1, -0.05) is 48.2 Å². The highest BCUT2D eigenvalue weighted by atomic mass is 16.5. The number of rotatable bonds is 7. The third-order valence-corrected chi connectivity index (χ3v) is 8.23. The predicted octanol–water partition coefficient (Wildman–Crippen LogP) is 6.96. The fourth-order valence-corrected chi connectivity index (χ4v) is 6.45. The molecule has 0 saturated heterocycles. The van der Waals surface area contributed by atoms with Gasteiger partial charge in [-0.3, -0.25) is 24.0 Å². The van der Waals surface area contributed by atoms with Gasteiger partial charge in [-0.2, -0.15) is 0 Å². The highest BCUT2D eigenvalue weighted by molar-refractivity contribution is 5.93. The molecule has 0 aromatic heterocycles. The zero-order valence-corrected chi connectivity index (χ0v) is 28.1. The Morgan fingerprint density at radius 2 is 0.961 bits per heavy atom. The fourth-order valence-electron chi connectivity index (χ4n) is 6.45. The summed E-state index contributed by atoms with van der Waals surface area (Å²) >= 11 is 0. The van der Waals surface area contributed by atoms with Crippen LogP contribution in [0.1, 0.15) is 71.4 Å². The van der Waals surface area contributed by atoms with Crippen molar-refractivity contribution in [3.63, 3.8) is 0 Å². The van der Waals surface area contributed by atoms with Crippen LogP contribution < -0.4 is 18.9 Å². The molecule has 0 amide bonds. The lowest BCUT2D eigenvalue weighted by molar-refractivity contribution is -0.132. The molecular weight excluding hydrogens is 648 g/mol.